The van der Waals surface area contributed by atoms with Crippen molar-refractivity contribution in [2.75, 3.05) is 14.1 Å². The van der Waals surface area contributed by atoms with E-state index in [1.165, 1.54) is 0 Å². The molecule has 5 heteroatoms. The maximum absolute atomic E-state index is 13.7. The first-order chi connectivity index (χ1) is 11.0. The second-order valence-corrected chi connectivity index (χ2v) is 5.87. The maximum atomic E-state index is 13.7. The molecule has 0 aromatic heterocycles. The SMILES string of the molecule is CN(C)C(=O)CCCC#Cc1cccc(C(=O)N(F)C2CC2)c1. The Morgan fingerprint density at radius 2 is 2.04 bits per heavy atom. The average Bonchev–Trinajstić information content (AvgIpc) is 3.38. The second kappa shape index (κ2) is 7.77. The number of hydrogen-bond donors (Lipinski definition) is 0. The monoisotopic (exact) mass is 316 g/mol. The van der Waals surface area contributed by atoms with Gasteiger partial charge in [0.1, 0.15) is 0 Å². The van der Waals surface area contributed by atoms with E-state index in [-0.39, 0.29) is 11.9 Å². The van der Waals surface area contributed by atoms with E-state index in [9.17, 15) is 14.1 Å². The zero-order chi connectivity index (χ0) is 16.8. The van der Waals surface area contributed by atoms with Crippen LogP contribution >= 0.6 is 0 Å². The van der Waals surface area contributed by atoms with Gasteiger partial charge in [0.25, 0.3) is 5.91 Å². The highest BCUT2D eigenvalue weighted by molar-refractivity contribution is 5.94. The summed E-state index contributed by atoms with van der Waals surface area (Å²) in [5.74, 6) is 5.43. The van der Waals surface area contributed by atoms with Crippen LogP contribution in [0.5, 0.6) is 0 Å². The lowest BCUT2D eigenvalue weighted by molar-refractivity contribution is -0.128. The van der Waals surface area contributed by atoms with E-state index in [0.29, 0.717) is 35.5 Å². The quantitative estimate of drug-likeness (QED) is 0.476. The van der Waals surface area contributed by atoms with Crippen LogP contribution in [0.15, 0.2) is 24.3 Å². The standard InChI is InChI=1S/C18H21FN2O2/c1-20(2)17(22)10-5-3-4-7-14-8-6-9-15(13-14)18(23)21(19)16-11-12-16/h6,8-9,13,16H,3,5,10-12H2,1-2H3. The van der Waals surface area contributed by atoms with Crippen molar-refractivity contribution in [3.63, 3.8) is 0 Å². The molecule has 0 radical (unpaired) electrons. The molecular weight excluding hydrogens is 295 g/mol. The van der Waals surface area contributed by atoms with Gasteiger partial charge in [0.05, 0.1) is 6.04 Å². The molecule has 0 bridgehead atoms. The molecular formula is C18H21FN2O2. The molecule has 0 atom stereocenters. The largest absolute Gasteiger partial charge is 0.349 e. The van der Waals surface area contributed by atoms with Gasteiger partial charge in [0.2, 0.25) is 5.91 Å². The van der Waals surface area contributed by atoms with Crippen LogP contribution in [0, 0.1) is 11.8 Å². The molecule has 1 fully saturated rings. The van der Waals surface area contributed by atoms with E-state index in [2.05, 4.69) is 11.8 Å². The Morgan fingerprint density at radius 3 is 2.70 bits per heavy atom. The molecule has 0 N–H and O–H groups in total. The fourth-order valence-electron chi connectivity index (χ4n) is 2.04. The summed E-state index contributed by atoms with van der Waals surface area (Å²) in [6, 6.07) is 6.43. The first-order valence-corrected chi connectivity index (χ1v) is 7.77. The van der Waals surface area contributed by atoms with Gasteiger partial charge >= 0.3 is 0 Å². The van der Waals surface area contributed by atoms with Crippen molar-refractivity contribution in [2.24, 2.45) is 0 Å². The summed E-state index contributed by atoms with van der Waals surface area (Å²) in [4.78, 5) is 24.9. The van der Waals surface area contributed by atoms with Crippen molar-refractivity contribution in [1.82, 2.24) is 10.0 Å². The highest BCUT2D eigenvalue weighted by Gasteiger charge is 2.33. The Kier molecular flexibility index (Phi) is 5.75. The second-order valence-electron chi connectivity index (χ2n) is 5.87. The van der Waals surface area contributed by atoms with Crippen molar-refractivity contribution < 1.29 is 14.1 Å². The molecule has 23 heavy (non-hydrogen) atoms. The van der Waals surface area contributed by atoms with Crippen LogP contribution in [0.25, 0.3) is 0 Å². The van der Waals surface area contributed by atoms with Gasteiger partial charge in [0.15, 0.2) is 0 Å². The van der Waals surface area contributed by atoms with Gasteiger partial charge in [-0.3, -0.25) is 9.59 Å². The number of benzene rings is 1. The molecule has 0 aliphatic heterocycles. The summed E-state index contributed by atoms with van der Waals surface area (Å²) in [6.45, 7) is 0. The number of rotatable bonds is 5. The number of hydrogen-bond acceptors (Lipinski definition) is 2. The molecule has 0 heterocycles. The molecule has 1 saturated carbocycles. The van der Waals surface area contributed by atoms with Crippen LogP contribution in [0.2, 0.25) is 0 Å². The molecule has 0 spiro atoms. The number of carbonyl (C=O) groups is 2. The zero-order valence-electron chi connectivity index (χ0n) is 13.5. The lowest BCUT2D eigenvalue weighted by atomic mass is 10.1. The minimum atomic E-state index is -0.604. The third-order valence-corrected chi connectivity index (χ3v) is 3.59. The number of amides is 2. The molecule has 2 amide bonds. The van der Waals surface area contributed by atoms with Crippen LogP contribution in [-0.4, -0.2) is 42.0 Å². The Bertz CT molecular complexity index is 642. The minimum absolute atomic E-state index is 0.0857. The van der Waals surface area contributed by atoms with Gasteiger partial charge in [-0.15, -0.1) is 0 Å². The number of halogens is 1. The molecule has 4 nitrogen and oxygen atoms in total. The van der Waals surface area contributed by atoms with Crippen LogP contribution < -0.4 is 0 Å². The van der Waals surface area contributed by atoms with Crippen molar-refractivity contribution in [3.8, 4) is 11.8 Å². The smallest absolute Gasteiger partial charge is 0.281 e. The molecule has 0 unspecified atom stereocenters. The Hall–Kier alpha value is -2.35. The van der Waals surface area contributed by atoms with Crippen LogP contribution in [0.1, 0.15) is 48.0 Å². The zero-order valence-corrected chi connectivity index (χ0v) is 13.5. The summed E-state index contributed by atoms with van der Waals surface area (Å²) < 4.78 is 13.7. The van der Waals surface area contributed by atoms with Crippen molar-refractivity contribution in [2.45, 2.75) is 38.1 Å². The third-order valence-electron chi connectivity index (χ3n) is 3.59. The fourth-order valence-corrected chi connectivity index (χ4v) is 2.04. The molecule has 122 valence electrons. The van der Waals surface area contributed by atoms with Gasteiger partial charge < -0.3 is 4.90 Å². The van der Waals surface area contributed by atoms with Crippen LogP contribution in [0.3, 0.4) is 0 Å². The molecule has 1 aliphatic carbocycles. The highest BCUT2D eigenvalue weighted by atomic mass is 19.2. The van der Waals surface area contributed by atoms with Gasteiger partial charge in [-0.1, -0.05) is 22.4 Å². The first kappa shape index (κ1) is 17.0. The van der Waals surface area contributed by atoms with Crippen molar-refractivity contribution in [1.29, 1.82) is 0 Å². The van der Waals surface area contributed by atoms with E-state index >= 15 is 0 Å². The van der Waals surface area contributed by atoms with Gasteiger partial charge in [-0.25, -0.2) is 0 Å². The van der Waals surface area contributed by atoms with E-state index in [0.717, 1.165) is 12.8 Å². The predicted molar refractivity (Wildman–Crippen MR) is 86.2 cm³/mol. The van der Waals surface area contributed by atoms with Crippen molar-refractivity contribution in [3.05, 3.63) is 35.4 Å². The molecule has 1 aromatic carbocycles. The molecule has 1 aromatic rings. The van der Waals surface area contributed by atoms with E-state index in [1.807, 2.05) is 0 Å². The number of carbonyl (C=O) groups excluding carboxylic acids is 2. The maximum Gasteiger partial charge on any atom is 0.281 e. The Morgan fingerprint density at radius 1 is 1.30 bits per heavy atom. The minimum Gasteiger partial charge on any atom is -0.349 e. The Balaban J connectivity index is 1.89. The van der Waals surface area contributed by atoms with E-state index in [1.54, 1.807) is 43.3 Å². The molecule has 1 aliphatic rings. The summed E-state index contributed by atoms with van der Waals surface area (Å²) >= 11 is 0. The van der Waals surface area contributed by atoms with Gasteiger partial charge in [-0.2, -0.15) is 5.12 Å². The normalized spacial score (nSPS) is 13.0. The lowest BCUT2D eigenvalue weighted by Crippen LogP contribution is -2.24. The summed E-state index contributed by atoms with van der Waals surface area (Å²) in [5, 5.41) is 0.319. The van der Waals surface area contributed by atoms with Crippen LogP contribution in [-0.2, 0) is 4.79 Å². The molecule has 2 rings (SSSR count). The van der Waals surface area contributed by atoms with Crippen molar-refractivity contribution >= 4 is 11.8 Å². The molecule has 0 saturated heterocycles. The van der Waals surface area contributed by atoms with Crippen LogP contribution in [0.4, 0.5) is 4.48 Å². The number of nitrogens with zero attached hydrogens (tertiary/aromatic N) is 2. The van der Waals surface area contributed by atoms with Gasteiger partial charge in [-0.05, 0) is 37.5 Å². The Labute approximate surface area is 136 Å². The summed E-state index contributed by atoms with van der Waals surface area (Å²) in [7, 11) is 3.46. The topological polar surface area (TPSA) is 40.6 Å². The van der Waals surface area contributed by atoms with Gasteiger partial charge in [0, 0.05) is 38.1 Å². The fraction of sp³-hybridized carbons (Fsp3) is 0.444. The summed E-state index contributed by atoms with van der Waals surface area (Å²) in [5.41, 5.74) is 0.993. The highest BCUT2D eigenvalue weighted by Crippen LogP contribution is 2.28. The van der Waals surface area contributed by atoms with E-state index in [4.69, 9.17) is 0 Å². The first-order valence-electron chi connectivity index (χ1n) is 7.77. The van der Waals surface area contributed by atoms with E-state index < -0.39 is 5.91 Å². The lowest BCUT2D eigenvalue weighted by Gasteiger charge is -2.10. The number of unbranched alkanes of at least 4 members (excludes halogenated alkanes) is 1. The average molecular weight is 316 g/mol. The summed E-state index contributed by atoms with van der Waals surface area (Å²) in [6.07, 6.45) is 3.23. The predicted octanol–water partition coefficient (Wildman–Crippen LogP) is 2.79. The third kappa shape index (κ3) is 5.10.